The Labute approximate surface area is 164 Å². The van der Waals surface area contributed by atoms with Gasteiger partial charge in [0.1, 0.15) is 5.75 Å². The Morgan fingerprint density at radius 3 is 2.44 bits per heavy atom. The summed E-state index contributed by atoms with van der Waals surface area (Å²) in [5, 5.41) is 1.74. The number of anilines is 1. The molecule has 0 spiro atoms. The minimum absolute atomic E-state index is 0.132. The van der Waals surface area contributed by atoms with Crippen LogP contribution < -0.4 is 9.64 Å². The number of hydrogen-bond acceptors (Lipinski definition) is 4. The number of nitrogens with zero attached hydrogens (tertiary/aromatic N) is 1. The maximum Gasteiger partial charge on any atom is 0.265 e. The molecule has 7 heteroatoms. The van der Waals surface area contributed by atoms with Crippen molar-refractivity contribution in [3.8, 4) is 5.75 Å². The summed E-state index contributed by atoms with van der Waals surface area (Å²) in [4.78, 5) is 14.4. The first-order valence-corrected chi connectivity index (χ1v) is 10.5. The number of aryl methyl sites for hydroxylation is 2. The zero-order valence-corrected chi connectivity index (χ0v) is 16.6. The van der Waals surface area contributed by atoms with Crippen molar-refractivity contribution in [2.75, 3.05) is 17.3 Å². The lowest BCUT2D eigenvalue weighted by Gasteiger charge is -2.28. The van der Waals surface area contributed by atoms with Gasteiger partial charge in [0.25, 0.3) is 5.91 Å². The average Bonchev–Trinajstić information content (AvgIpc) is 2.97. The van der Waals surface area contributed by atoms with E-state index in [1.165, 1.54) is 10.3 Å². The van der Waals surface area contributed by atoms with E-state index in [-0.39, 0.29) is 18.3 Å². The summed E-state index contributed by atoms with van der Waals surface area (Å²) in [5.74, 6) is 0.0643. The number of amides is 1. The molecule has 1 heterocycles. The van der Waals surface area contributed by atoms with E-state index in [0.29, 0.717) is 16.5 Å². The predicted molar refractivity (Wildman–Crippen MR) is 107 cm³/mol. The van der Waals surface area contributed by atoms with Crippen molar-refractivity contribution in [3.63, 3.8) is 0 Å². The lowest BCUT2D eigenvalue weighted by molar-refractivity contribution is -0.120. The van der Waals surface area contributed by atoms with E-state index in [4.69, 9.17) is 16.3 Å². The lowest BCUT2D eigenvalue weighted by Crippen LogP contribution is -2.43. The van der Waals surface area contributed by atoms with E-state index >= 15 is 0 Å². The fourth-order valence-corrected chi connectivity index (χ4v) is 4.26. The molecule has 27 heavy (non-hydrogen) atoms. The summed E-state index contributed by atoms with van der Waals surface area (Å²) in [6, 6.07) is 11.8. The Kier molecular flexibility index (Phi) is 5.58. The topological polar surface area (TPSA) is 63.7 Å². The Morgan fingerprint density at radius 1 is 1.15 bits per heavy atom. The minimum Gasteiger partial charge on any atom is -0.484 e. The van der Waals surface area contributed by atoms with Gasteiger partial charge in [0.15, 0.2) is 16.4 Å². The van der Waals surface area contributed by atoms with E-state index in [9.17, 15) is 13.2 Å². The second-order valence-electron chi connectivity index (χ2n) is 6.50. The van der Waals surface area contributed by atoms with E-state index in [0.717, 1.165) is 11.1 Å². The summed E-state index contributed by atoms with van der Waals surface area (Å²) in [6.07, 6.45) is 1.55. The van der Waals surface area contributed by atoms with Gasteiger partial charge in [-0.1, -0.05) is 17.7 Å². The van der Waals surface area contributed by atoms with Gasteiger partial charge in [-0.25, -0.2) is 8.42 Å². The highest BCUT2D eigenvalue weighted by molar-refractivity contribution is 7.94. The normalized spacial score (nSPS) is 17.7. The van der Waals surface area contributed by atoms with Crippen molar-refractivity contribution in [2.45, 2.75) is 19.9 Å². The van der Waals surface area contributed by atoms with Gasteiger partial charge in [0.2, 0.25) is 0 Å². The van der Waals surface area contributed by atoms with Crippen LogP contribution in [0.1, 0.15) is 11.1 Å². The average molecular weight is 406 g/mol. The molecule has 1 amide bonds. The first-order chi connectivity index (χ1) is 12.7. The van der Waals surface area contributed by atoms with Gasteiger partial charge >= 0.3 is 0 Å². The van der Waals surface area contributed by atoms with Crippen molar-refractivity contribution in [3.05, 3.63) is 70.1 Å². The minimum atomic E-state index is -3.30. The van der Waals surface area contributed by atoms with Gasteiger partial charge in [0.05, 0.1) is 11.8 Å². The predicted octanol–water partition coefficient (Wildman–Crippen LogP) is 3.68. The van der Waals surface area contributed by atoms with Crippen LogP contribution in [0.25, 0.3) is 0 Å². The molecule has 142 valence electrons. The summed E-state index contributed by atoms with van der Waals surface area (Å²) in [7, 11) is -3.30. The molecule has 0 unspecified atom stereocenters. The quantitative estimate of drug-likeness (QED) is 0.761. The van der Waals surface area contributed by atoms with Crippen molar-refractivity contribution in [2.24, 2.45) is 0 Å². The number of rotatable bonds is 5. The number of benzene rings is 2. The van der Waals surface area contributed by atoms with Crippen LogP contribution in [0.15, 0.2) is 53.9 Å². The molecule has 0 radical (unpaired) electrons. The molecule has 2 aromatic rings. The van der Waals surface area contributed by atoms with Gasteiger partial charge < -0.3 is 9.64 Å². The second-order valence-corrected chi connectivity index (χ2v) is 8.87. The number of halogens is 1. The first kappa shape index (κ1) is 19.5. The van der Waals surface area contributed by atoms with Crippen LogP contribution in [0.3, 0.4) is 0 Å². The van der Waals surface area contributed by atoms with Crippen LogP contribution >= 0.6 is 11.6 Å². The van der Waals surface area contributed by atoms with Crippen molar-refractivity contribution < 1.29 is 17.9 Å². The van der Waals surface area contributed by atoms with Crippen molar-refractivity contribution in [1.29, 1.82) is 0 Å². The van der Waals surface area contributed by atoms with E-state index in [1.807, 2.05) is 32.0 Å². The third-order valence-electron chi connectivity index (χ3n) is 4.46. The van der Waals surface area contributed by atoms with Crippen LogP contribution in [0.4, 0.5) is 5.69 Å². The molecule has 1 atom stereocenters. The molecular weight excluding hydrogens is 386 g/mol. The molecule has 0 aromatic heterocycles. The van der Waals surface area contributed by atoms with Crippen molar-refractivity contribution >= 4 is 33.0 Å². The van der Waals surface area contributed by atoms with Gasteiger partial charge in [-0.15, -0.1) is 0 Å². The maximum absolute atomic E-state index is 12.9. The van der Waals surface area contributed by atoms with Crippen LogP contribution in [-0.2, 0) is 14.6 Å². The highest BCUT2D eigenvalue weighted by Crippen LogP contribution is 2.25. The van der Waals surface area contributed by atoms with E-state index < -0.39 is 15.9 Å². The molecule has 0 saturated carbocycles. The summed E-state index contributed by atoms with van der Waals surface area (Å²) in [6.45, 7) is 3.72. The second kappa shape index (κ2) is 7.74. The van der Waals surface area contributed by atoms with Gasteiger partial charge in [-0.2, -0.15) is 0 Å². The molecule has 0 saturated heterocycles. The molecular formula is C20H20ClNO4S. The van der Waals surface area contributed by atoms with Crippen LogP contribution in [0.2, 0.25) is 5.02 Å². The molecule has 5 nitrogen and oxygen atoms in total. The number of carbonyl (C=O) groups excluding carboxylic acids is 1. The van der Waals surface area contributed by atoms with Gasteiger partial charge in [-0.3, -0.25) is 4.79 Å². The summed E-state index contributed by atoms with van der Waals surface area (Å²) >= 11 is 5.85. The van der Waals surface area contributed by atoms with Gasteiger partial charge in [-0.05, 0) is 67.4 Å². The molecule has 0 N–H and O–H groups in total. The zero-order chi connectivity index (χ0) is 19.6. The third kappa shape index (κ3) is 4.70. The largest absolute Gasteiger partial charge is 0.484 e. The van der Waals surface area contributed by atoms with Crippen LogP contribution in [-0.4, -0.2) is 32.7 Å². The Balaban J connectivity index is 1.84. The van der Waals surface area contributed by atoms with Crippen LogP contribution in [0, 0.1) is 13.8 Å². The highest BCUT2D eigenvalue weighted by Gasteiger charge is 2.31. The Bertz CT molecular complexity index is 984. The van der Waals surface area contributed by atoms with E-state index in [2.05, 4.69) is 0 Å². The number of carbonyl (C=O) groups is 1. The van der Waals surface area contributed by atoms with E-state index in [1.54, 1.807) is 30.3 Å². The van der Waals surface area contributed by atoms with Crippen LogP contribution in [0.5, 0.6) is 5.75 Å². The SMILES string of the molecule is Cc1ccc(N(C(=O)COc2ccc(Cl)cc2)[C@@H]2C=CS(=O)(=O)C2)cc1C. The van der Waals surface area contributed by atoms with Crippen molar-refractivity contribution in [1.82, 2.24) is 0 Å². The fraction of sp³-hybridized carbons (Fsp3) is 0.250. The third-order valence-corrected chi connectivity index (χ3v) is 6.09. The molecule has 0 aliphatic carbocycles. The first-order valence-electron chi connectivity index (χ1n) is 8.44. The number of hydrogen-bond donors (Lipinski definition) is 0. The number of ether oxygens (including phenoxy) is 1. The maximum atomic E-state index is 12.9. The fourth-order valence-electron chi connectivity index (χ4n) is 2.86. The zero-order valence-electron chi connectivity index (χ0n) is 15.1. The smallest absolute Gasteiger partial charge is 0.265 e. The molecule has 2 aromatic carbocycles. The summed E-state index contributed by atoms with van der Waals surface area (Å²) < 4.78 is 29.3. The number of sulfone groups is 1. The summed E-state index contributed by atoms with van der Waals surface area (Å²) in [5.41, 5.74) is 2.77. The lowest BCUT2D eigenvalue weighted by atomic mass is 10.1. The highest BCUT2D eigenvalue weighted by atomic mass is 35.5. The molecule has 1 aliphatic heterocycles. The Hall–Kier alpha value is -2.31. The molecule has 0 bridgehead atoms. The standard InChI is InChI=1S/C20H20ClNO4S/c1-14-3-6-17(11-15(14)2)22(18-9-10-27(24,25)13-18)20(23)12-26-19-7-4-16(21)5-8-19/h3-11,18H,12-13H2,1-2H3/t18-/m1/s1. The monoisotopic (exact) mass is 405 g/mol. The molecule has 1 aliphatic rings. The van der Waals surface area contributed by atoms with Gasteiger partial charge in [0, 0.05) is 16.1 Å². The Morgan fingerprint density at radius 2 is 1.85 bits per heavy atom. The molecule has 3 rings (SSSR count). The molecule has 0 fully saturated rings.